The highest BCUT2D eigenvalue weighted by atomic mass is 35.5. The number of alkyl halides is 1. The van der Waals surface area contributed by atoms with Crippen molar-refractivity contribution >= 4 is 34.4 Å². The van der Waals surface area contributed by atoms with Gasteiger partial charge in [0.15, 0.2) is 0 Å². The van der Waals surface area contributed by atoms with Crippen molar-refractivity contribution in [1.29, 1.82) is 5.26 Å². The lowest BCUT2D eigenvalue weighted by atomic mass is 10.1. The fourth-order valence-corrected chi connectivity index (χ4v) is 3.97. The first-order valence-electron chi connectivity index (χ1n) is 6.38. The van der Waals surface area contributed by atoms with Gasteiger partial charge in [-0.15, -0.1) is 11.6 Å². The van der Waals surface area contributed by atoms with E-state index in [-0.39, 0.29) is 0 Å². The van der Waals surface area contributed by atoms with Gasteiger partial charge in [0, 0.05) is 6.04 Å². The van der Waals surface area contributed by atoms with E-state index in [1.54, 1.807) is 0 Å². The van der Waals surface area contributed by atoms with Crippen LogP contribution in [0.4, 0.5) is 0 Å². The molecule has 1 saturated heterocycles. The molecule has 19 heavy (non-hydrogen) atoms. The predicted octanol–water partition coefficient (Wildman–Crippen LogP) is 3.71. The summed E-state index contributed by atoms with van der Waals surface area (Å²) in [6, 6.07) is 8.46. The standard InChI is InChI=1S/C14H14ClN3S/c15-8-13-17-14-10(9-16)2-1-3-12(14)18(13)11-4-6-19-7-5-11/h1-3,11H,4-8H2. The van der Waals surface area contributed by atoms with E-state index in [0.717, 1.165) is 29.7 Å². The number of benzene rings is 1. The Kier molecular flexibility index (Phi) is 3.67. The fourth-order valence-electron chi connectivity index (χ4n) is 2.70. The highest BCUT2D eigenvalue weighted by Gasteiger charge is 2.22. The summed E-state index contributed by atoms with van der Waals surface area (Å²) in [7, 11) is 0. The number of halogens is 1. The van der Waals surface area contributed by atoms with Crippen molar-refractivity contribution in [2.45, 2.75) is 24.8 Å². The maximum atomic E-state index is 9.18. The molecule has 2 heterocycles. The molecule has 98 valence electrons. The summed E-state index contributed by atoms with van der Waals surface area (Å²) < 4.78 is 2.25. The maximum absolute atomic E-state index is 9.18. The molecule has 3 rings (SSSR count). The number of hydrogen-bond donors (Lipinski definition) is 0. The lowest BCUT2D eigenvalue weighted by Crippen LogP contribution is -2.17. The van der Waals surface area contributed by atoms with E-state index < -0.39 is 0 Å². The minimum atomic E-state index is 0.392. The fraction of sp³-hybridized carbons (Fsp3) is 0.429. The molecule has 1 aliphatic rings. The molecule has 5 heteroatoms. The molecule has 0 spiro atoms. The molecule has 1 fully saturated rings. The minimum Gasteiger partial charge on any atom is -0.324 e. The predicted molar refractivity (Wildman–Crippen MR) is 79.6 cm³/mol. The van der Waals surface area contributed by atoms with Crippen LogP contribution >= 0.6 is 23.4 Å². The maximum Gasteiger partial charge on any atom is 0.125 e. The summed E-state index contributed by atoms with van der Waals surface area (Å²) >= 11 is 8.05. The van der Waals surface area contributed by atoms with Gasteiger partial charge in [-0.3, -0.25) is 0 Å². The first-order chi connectivity index (χ1) is 9.35. The summed E-state index contributed by atoms with van der Waals surface area (Å²) in [6.45, 7) is 0. The molecule has 0 amide bonds. The zero-order valence-electron chi connectivity index (χ0n) is 10.5. The number of nitrogens with zero attached hydrogens (tertiary/aromatic N) is 3. The number of aromatic nitrogens is 2. The highest BCUT2D eigenvalue weighted by molar-refractivity contribution is 7.99. The second-order valence-electron chi connectivity index (χ2n) is 4.66. The summed E-state index contributed by atoms with van der Waals surface area (Å²) in [5.74, 6) is 3.65. The largest absolute Gasteiger partial charge is 0.324 e. The number of imidazole rings is 1. The van der Waals surface area contributed by atoms with Gasteiger partial charge in [-0.1, -0.05) is 6.07 Å². The van der Waals surface area contributed by atoms with Gasteiger partial charge in [-0.05, 0) is 36.5 Å². The van der Waals surface area contributed by atoms with Crippen molar-refractivity contribution in [1.82, 2.24) is 9.55 Å². The van der Waals surface area contributed by atoms with Crippen molar-refractivity contribution < 1.29 is 0 Å². The molecule has 1 aromatic carbocycles. The van der Waals surface area contributed by atoms with Gasteiger partial charge in [0.05, 0.1) is 17.0 Å². The lowest BCUT2D eigenvalue weighted by Gasteiger charge is -2.25. The number of fused-ring (bicyclic) bond motifs is 1. The number of hydrogen-bond acceptors (Lipinski definition) is 3. The van der Waals surface area contributed by atoms with E-state index in [1.165, 1.54) is 11.5 Å². The summed E-state index contributed by atoms with van der Waals surface area (Å²) in [6.07, 6.45) is 2.30. The molecular weight excluding hydrogens is 278 g/mol. The average Bonchev–Trinajstić information content (AvgIpc) is 2.86. The lowest BCUT2D eigenvalue weighted by molar-refractivity contribution is 0.470. The highest BCUT2D eigenvalue weighted by Crippen LogP contribution is 2.32. The van der Waals surface area contributed by atoms with Gasteiger partial charge in [-0.2, -0.15) is 17.0 Å². The molecule has 0 aliphatic carbocycles. The van der Waals surface area contributed by atoms with Crippen LogP contribution < -0.4 is 0 Å². The van der Waals surface area contributed by atoms with Crippen LogP contribution in [0.1, 0.15) is 30.3 Å². The Morgan fingerprint density at radius 2 is 2.21 bits per heavy atom. The third-order valence-electron chi connectivity index (χ3n) is 3.59. The van der Waals surface area contributed by atoms with Gasteiger partial charge in [0.1, 0.15) is 17.4 Å². The molecule has 0 atom stereocenters. The minimum absolute atomic E-state index is 0.392. The Morgan fingerprint density at radius 1 is 1.42 bits per heavy atom. The number of thioether (sulfide) groups is 1. The molecule has 0 N–H and O–H groups in total. The Labute approximate surface area is 121 Å². The molecule has 0 unspecified atom stereocenters. The van der Waals surface area contributed by atoms with E-state index in [9.17, 15) is 5.26 Å². The normalized spacial score (nSPS) is 16.6. The second kappa shape index (κ2) is 5.44. The number of rotatable bonds is 2. The van der Waals surface area contributed by atoms with E-state index in [1.807, 2.05) is 30.0 Å². The first kappa shape index (κ1) is 12.8. The van der Waals surface area contributed by atoms with Crippen LogP contribution in [0.25, 0.3) is 11.0 Å². The van der Waals surface area contributed by atoms with Crippen molar-refractivity contribution in [2.75, 3.05) is 11.5 Å². The monoisotopic (exact) mass is 291 g/mol. The quantitative estimate of drug-likeness (QED) is 0.792. The van der Waals surface area contributed by atoms with E-state index >= 15 is 0 Å². The van der Waals surface area contributed by atoms with E-state index in [0.29, 0.717) is 17.5 Å². The Hall–Kier alpha value is -1.18. The van der Waals surface area contributed by atoms with Crippen LogP contribution in [-0.2, 0) is 5.88 Å². The first-order valence-corrected chi connectivity index (χ1v) is 8.07. The zero-order valence-corrected chi connectivity index (χ0v) is 12.0. The molecule has 0 bridgehead atoms. The van der Waals surface area contributed by atoms with Crippen LogP contribution in [0.15, 0.2) is 18.2 Å². The van der Waals surface area contributed by atoms with Gasteiger partial charge in [0.25, 0.3) is 0 Å². The van der Waals surface area contributed by atoms with Crippen LogP contribution in [0, 0.1) is 11.3 Å². The zero-order chi connectivity index (χ0) is 13.2. The van der Waals surface area contributed by atoms with Crippen LogP contribution in [-0.4, -0.2) is 21.1 Å². The van der Waals surface area contributed by atoms with Gasteiger partial charge >= 0.3 is 0 Å². The molecule has 2 aromatic rings. The summed E-state index contributed by atoms with van der Waals surface area (Å²) in [4.78, 5) is 4.58. The van der Waals surface area contributed by atoms with Gasteiger partial charge in [0.2, 0.25) is 0 Å². The molecule has 0 radical (unpaired) electrons. The topological polar surface area (TPSA) is 41.6 Å². The molecular formula is C14H14ClN3S. The second-order valence-corrected chi connectivity index (χ2v) is 6.15. The summed E-state index contributed by atoms with van der Waals surface area (Å²) in [5, 5.41) is 9.18. The molecule has 1 aliphatic heterocycles. The number of para-hydroxylation sites is 1. The van der Waals surface area contributed by atoms with Crippen molar-refractivity contribution in [3.05, 3.63) is 29.6 Å². The van der Waals surface area contributed by atoms with E-state index in [4.69, 9.17) is 11.6 Å². The molecule has 0 saturated carbocycles. The van der Waals surface area contributed by atoms with Crippen LogP contribution in [0.5, 0.6) is 0 Å². The van der Waals surface area contributed by atoms with Crippen LogP contribution in [0.3, 0.4) is 0 Å². The Balaban J connectivity index is 2.19. The molecule has 1 aromatic heterocycles. The summed E-state index contributed by atoms with van der Waals surface area (Å²) in [5.41, 5.74) is 2.47. The molecule has 3 nitrogen and oxygen atoms in total. The van der Waals surface area contributed by atoms with Crippen LogP contribution in [0.2, 0.25) is 0 Å². The van der Waals surface area contributed by atoms with Crippen molar-refractivity contribution in [3.63, 3.8) is 0 Å². The van der Waals surface area contributed by atoms with Crippen molar-refractivity contribution in [3.8, 4) is 6.07 Å². The number of nitriles is 1. The van der Waals surface area contributed by atoms with E-state index in [2.05, 4.69) is 15.6 Å². The smallest absolute Gasteiger partial charge is 0.125 e. The Morgan fingerprint density at radius 3 is 2.89 bits per heavy atom. The van der Waals surface area contributed by atoms with Crippen molar-refractivity contribution in [2.24, 2.45) is 0 Å². The SMILES string of the molecule is N#Cc1cccc2c1nc(CCl)n2C1CCSCC1. The third-order valence-corrected chi connectivity index (χ3v) is 4.88. The van der Waals surface area contributed by atoms with Gasteiger partial charge in [-0.25, -0.2) is 4.98 Å². The average molecular weight is 292 g/mol. The Bertz CT molecular complexity index is 638. The third kappa shape index (κ3) is 2.22. The van der Waals surface area contributed by atoms with Gasteiger partial charge < -0.3 is 4.57 Å².